The number of carbonyl (C=O) groups is 1. The molecule has 0 bridgehead atoms. The fourth-order valence-corrected chi connectivity index (χ4v) is 1.73. The van der Waals surface area contributed by atoms with Crippen molar-refractivity contribution in [3.63, 3.8) is 0 Å². The van der Waals surface area contributed by atoms with Crippen molar-refractivity contribution < 1.29 is 4.79 Å². The number of anilines is 1. The maximum atomic E-state index is 11.5. The molecule has 1 aromatic carbocycles. The lowest BCUT2D eigenvalue weighted by atomic mass is 10.3. The molecule has 0 fully saturated rings. The minimum absolute atomic E-state index is 0.00660. The van der Waals surface area contributed by atoms with Crippen LogP contribution in [0.25, 0.3) is 0 Å². The Bertz CT molecular complexity index is 330. The van der Waals surface area contributed by atoms with Gasteiger partial charge in [0.25, 0.3) is 0 Å². The third-order valence-corrected chi connectivity index (χ3v) is 3.41. The quantitative estimate of drug-likeness (QED) is 0.867. The number of thioether (sulfide) groups is 1. The second-order valence-electron chi connectivity index (χ2n) is 2.88. The van der Waals surface area contributed by atoms with E-state index in [4.69, 9.17) is 0 Å². The fraction of sp³-hybridized carbons (Fsp3) is 0.300. The maximum absolute atomic E-state index is 11.5. The van der Waals surface area contributed by atoms with E-state index >= 15 is 0 Å². The molecule has 0 spiro atoms. The summed E-state index contributed by atoms with van der Waals surface area (Å²) in [7, 11) is 0. The van der Waals surface area contributed by atoms with Gasteiger partial charge in [-0.05, 0) is 54.0 Å². The molecule has 0 aliphatic carbocycles. The third-order valence-electron chi connectivity index (χ3n) is 1.81. The standard InChI is InChI=1S/C10H12INOS/c1-7(14-2)10(13)12-9-5-3-4-8(11)6-9/h3-7H,1-2H3,(H,12,13)/t7-/m1/s1. The van der Waals surface area contributed by atoms with Crippen molar-refractivity contribution in [2.45, 2.75) is 12.2 Å². The predicted molar refractivity (Wildman–Crippen MR) is 70.8 cm³/mol. The van der Waals surface area contributed by atoms with Gasteiger partial charge in [-0.2, -0.15) is 11.8 Å². The van der Waals surface area contributed by atoms with Crippen LogP contribution in [-0.4, -0.2) is 17.4 Å². The van der Waals surface area contributed by atoms with Crippen LogP contribution in [0.1, 0.15) is 6.92 Å². The summed E-state index contributed by atoms with van der Waals surface area (Å²) in [6.45, 7) is 1.90. The molecule has 1 amide bonds. The number of amides is 1. The lowest BCUT2D eigenvalue weighted by Crippen LogP contribution is -2.21. The Labute approximate surface area is 102 Å². The molecule has 4 heteroatoms. The van der Waals surface area contributed by atoms with Crippen molar-refractivity contribution in [1.82, 2.24) is 0 Å². The Hall–Kier alpha value is -0.230. The van der Waals surface area contributed by atoms with E-state index in [1.165, 1.54) is 0 Å². The van der Waals surface area contributed by atoms with Gasteiger partial charge >= 0.3 is 0 Å². The topological polar surface area (TPSA) is 29.1 Å². The van der Waals surface area contributed by atoms with Gasteiger partial charge in [-0.1, -0.05) is 6.07 Å². The average Bonchev–Trinajstić information content (AvgIpc) is 2.16. The lowest BCUT2D eigenvalue weighted by Gasteiger charge is -2.09. The van der Waals surface area contributed by atoms with Crippen molar-refractivity contribution in [2.75, 3.05) is 11.6 Å². The Balaban J connectivity index is 2.65. The van der Waals surface area contributed by atoms with E-state index in [-0.39, 0.29) is 11.2 Å². The Morgan fingerprint density at radius 2 is 2.29 bits per heavy atom. The molecule has 0 saturated carbocycles. The molecule has 0 aromatic heterocycles. The highest BCUT2D eigenvalue weighted by Crippen LogP contribution is 2.14. The van der Waals surface area contributed by atoms with Gasteiger partial charge in [0.15, 0.2) is 0 Å². The van der Waals surface area contributed by atoms with Gasteiger partial charge in [0.2, 0.25) is 5.91 Å². The molecule has 1 rings (SSSR count). The maximum Gasteiger partial charge on any atom is 0.237 e. The summed E-state index contributed by atoms with van der Waals surface area (Å²) in [5.41, 5.74) is 0.864. The molecule has 0 aliphatic rings. The van der Waals surface area contributed by atoms with Crippen LogP contribution in [0.3, 0.4) is 0 Å². The number of nitrogens with one attached hydrogen (secondary N) is 1. The van der Waals surface area contributed by atoms with Gasteiger partial charge in [-0.3, -0.25) is 4.79 Å². The van der Waals surface area contributed by atoms with Gasteiger partial charge < -0.3 is 5.32 Å². The zero-order valence-corrected chi connectivity index (χ0v) is 11.1. The van der Waals surface area contributed by atoms with E-state index in [1.54, 1.807) is 11.8 Å². The number of carbonyl (C=O) groups excluding carboxylic acids is 1. The number of rotatable bonds is 3. The Morgan fingerprint density at radius 3 is 2.86 bits per heavy atom. The first-order valence-corrected chi connectivity index (χ1v) is 6.59. The smallest absolute Gasteiger partial charge is 0.237 e. The van der Waals surface area contributed by atoms with Crippen molar-refractivity contribution in [3.05, 3.63) is 27.8 Å². The van der Waals surface area contributed by atoms with Crippen LogP contribution in [0.5, 0.6) is 0 Å². The Morgan fingerprint density at radius 1 is 1.57 bits per heavy atom. The van der Waals surface area contributed by atoms with E-state index in [1.807, 2.05) is 37.4 Å². The van der Waals surface area contributed by atoms with E-state index in [0.29, 0.717) is 0 Å². The fourth-order valence-electron chi connectivity index (χ4n) is 0.917. The number of hydrogen-bond donors (Lipinski definition) is 1. The molecule has 0 aliphatic heterocycles. The van der Waals surface area contributed by atoms with Crippen molar-refractivity contribution in [3.8, 4) is 0 Å². The second kappa shape index (κ2) is 5.60. The molecule has 0 radical (unpaired) electrons. The third kappa shape index (κ3) is 3.49. The van der Waals surface area contributed by atoms with Crippen LogP contribution >= 0.6 is 34.4 Å². The molecule has 1 N–H and O–H groups in total. The Kier molecular flexibility index (Phi) is 4.74. The second-order valence-corrected chi connectivity index (χ2v) is 5.30. The number of benzene rings is 1. The van der Waals surface area contributed by atoms with Crippen molar-refractivity contribution in [2.24, 2.45) is 0 Å². The largest absolute Gasteiger partial charge is 0.325 e. The first kappa shape index (κ1) is 11.8. The highest BCUT2D eigenvalue weighted by Gasteiger charge is 2.10. The zero-order chi connectivity index (χ0) is 10.6. The van der Waals surface area contributed by atoms with Crippen LogP contribution in [0.4, 0.5) is 5.69 Å². The van der Waals surface area contributed by atoms with E-state index in [2.05, 4.69) is 27.9 Å². The van der Waals surface area contributed by atoms with Crippen LogP contribution in [-0.2, 0) is 4.79 Å². The van der Waals surface area contributed by atoms with Crippen LogP contribution in [0.2, 0.25) is 0 Å². The molecule has 0 unspecified atom stereocenters. The average molecular weight is 321 g/mol. The first-order valence-electron chi connectivity index (χ1n) is 4.22. The van der Waals surface area contributed by atoms with Crippen molar-refractivity contribution >= 4 is 45.9 Å². The summed E-state index contributed by atoms with van der Waals surface area (Å²) in [4.78, 5) is 11.5. The summed E-state index contributed by atoms with van der Waals surface area (Å²) in [6, 6.07) is 7.77. The molecule has 1 atom stereocenters. The molecule has 76 valence electrons. The van der Waals surface area contributed by atoms with Gasteiger partial charge in [-0.25, -0.2) is 0 Å². The predicted octanol–water partition coefficient (Wildman–Crippen LogP) is 2.98. The monoisotopic (exact) mass is 321 g/mol. The summed E-state index contributed by atoms with van der Waals surface area (Å²) < 4.78 is 1.12. The summed E-state index contributed by atoms with van der Waals surface area (Å²) in [5.74, 6) is 0.0551. The van der Waals surface area contributed by atoms with Crippen LogP contribution in [0, 0.1) is 3.57 Å². The molecule has 1 aromatic rings. The normalized spacial score (nSPS) is 12.2. The van der Waals surface area contributed by atoms with Gasteiger partial charge in [0.05, 0.1) is 5.25 Å². The highest BCUT2D eigenvalue weighted by molar-refractivity contribution is 14.1. The molecule has 0 saturated heterocycles. The summed E-state index contributed by atoms with van der Waals surface area (Å²) in [6.07, 6.45) is 1.93. The molecule has 14 heavy (non-hydrogen) atoms. The SMILES string of the molecule is CS[C@H](C)C(=O)Nc1cccc(I)c1. The molecule has 0 heterocycles. The van der Waals surface area contributed by atoms with Gasteiger partial charge in [0, 0.05) is 9.26 Å². The number of hydrogen-bond acceptors (Lipinski definition) is 2. The molecular formula is C10H12INOS. The van der Waals surface area contributed by atoms with Crippen LogP contribution < -0.4 is 5.32 Å². The van der Waals surface area contributed by atoms with E-state index in [9.17, 15) is 4.79 Å². The number of halogens is 1. The zero-order valence-electron chi connectivity index (χ0n) is 8.08. The first-order chi connectivity index (χ1) is 6.63. The summed E-state index contributed by atoms with van der Waals surface area (Å²) in [5, 5.41) is 2.86. The van der Waals surface area contributed by atoms with Crippen molar-refractivity contribution in [1.29, 1.82) is 0 Å². The van der Waals surface area contributed by atoms with Gasteiger partial charge in [-0.15, -0.1) is 0 Å². The molecule has 2 nitrogen and oxygen atoms in total. The van der Waals surface area contributed by atoms with E-state index in [0.717, 1.165) is 9.26 Å². The lowest BCUT2D eigenvalue weighted by molar-refractivity contribution is -0.115. The minimum Gasteiger partial charge on any atom is -0.325 e. The van der Waals surface area contributed by atoms with Crippen LogP contribution in [0.15, 0.2) is 24.3 Å². The highest BCUT2D eigenvalue weighted by atomic mass is 127. The minimum atomic E-state index is -0.00660. The summed E-state index contributed by atoms with van der Waals surface area (Å²) >= 11 is 3.76. The molecular weight excluding hydrogens is 309 g/mol. The van der Waals surface area contributed by atoms with E-state index < -0.39 is 0 Å². The van der Waals surface area contributed by atoms with Gasteiger partial charge in [0.1, 0.15) is 0 Å².